The van der Waals surface area contributed by atoms with Crippen LogP contribution in [0.1, 0.15) is 30.9 Å². The van der Waals surface area contributed by atoms with Crippen molar-refractivity contribution in [1.29, 1.82) is 0 Å². The van der Waals surface area contributed by atoms with Crippen LogP contribution in [0.15, 0.2) is 36.4 Å². The number of fused-ring (bicyclic) bond motifs is 4. The number of hydrogen-bond acceptors (Lipinski definition) is 8. The molecule has 0 aliphatic carbocycles. The van der Waals surface area contributed by atoms with Crippen molar-refractivity contribution < 1.29 is 28.8 Å². The van der Waals surface area contributed by atoms with Crippen LogP contribution in [0.25, 0.3) is 0 Å². The molecule has 5 rings (SSSR count). The normalized spacial score (nSPS) is 24.6. The van der Waals surface area contributed by atoms with E-state index in [2.05, 4.69) is 12.2 Å². The van der Waals surface area contributed by atoms with Crippen molar-refractivity contribution in [3.63, 3.8) is 0 Å². The highest BCUT2D eigenvalue weighted by Gasteiger charge is 2.62. The molecule has 2 aromatic carbocycles. The number of urea groups is 1. The van der Waals surface area contributed by atoms with Crippen LogP contribution in [0.3, 0.4) is 0 Å². The number of benzene rings is 2. The Kier molecular flexibility index (Phi) is 6.46. The minimum Gasteiger partial charge on any atom is -0.493 e. The Balaban J connectivity index is 1.51. The number of carbonyl (C=O) groups excluding carboxylic acids is 3. The summed E-state index contributed by atoms with van der Waals surface area (Å²) < 4.78 is 10.6. The minimum atomic E-state index is -1.57. The first-order valence-corrected chi connectivity index (χ1v) is 12.6. The van der Waals surface area contributed by atoms with Gasteiger partial charge in [-0.3, -0.25) is 29.9 Å². The summed E-state index contributed by atoms with van der Waals surface area (Å²) >= 11 is 0. The summed E-state index contributed by atoms with van der Waals surface area (Å²) in [4.78, 5) is 54.8. The van der Waals surface area contributed by atoms with Crippen molar-refractivity contribution in [3.8, 4) is 11.5 Å². The SMILES string of the molecule is COc1ccc(CCN2C(=O)NC(=O)[C@]3(Cc4cc([N+](=O)[O-])ccc4N4CC[C@H](C)C[C@H]43)C2=O)cc1OC. The molecule has 200 valence electrons. The van der Waals surface area contributed by atoms with Crippen molar-refractivity contribution in [2.75, 3.05) is 32.2 Å². The fourth-order valence-corrected chi connectivity index (χ4v) is 6.06. The maximum atomic E-state index is 14.2. The third kappa shape index (κ3) is 4.02. The van der Waals surface area contributed by atoms with Gasteiger partial charge in [0, 0.05) is 37.3 Å². The van der Waals surface area contributed by atoms with E-state index in [9.17, 15) is 24.5 Å². The number of non-ortho nitro benzene ring substituents is 1. The molecular formula is C27H30N4O7. The van der Waals surface area contributed by atoms with Crippen molar-refractivity contribution in [3.05, 3.63) is 57.6 Å². The van der Waals surface area contributed by atoms with Gasteiger partial charge in [-0.1, -0.05) is 13.0 Å². The quantitative estimate of drug-likeness (QED) is 0.348. The highest BCUT2D eigenvalue weighted by Crippen LogP contribution is 2.49. The summed E-state index contributed by atoms with van der Waals surface area (Å²) in [5.41, 5.74) is 0.511. The van der Waals surface area contributed by atoms with Gasteiger partial charge in [0.2, 0.25) is 11.8 Å². The molecule has 0 unspecified atom stereocenters. The van der Waals surface area contributed by atoms with Gasteiger partial charge < -0.3 is 14.4 Å². The number of amides is 4. The second kappa shape index (κ2) is 9.62. The fourth-order valence-electron chi connectivity index (χ4n) is 6.06. The van der Waals surface area contributed by atoms with Gasteiger partial charge in [-0.25, -0.2) is 4.79 Å². The molecule has 0 saturated carbocycles. The van der Waals surface area contributed by atoms with Crippen molar-refractivity contribution >= 4 is 29.2 Å². The summed E-state index contributed by atoms with van der Waals surface area (Å²) in [5, 5.41) is 13.9. The molecule has 2 saturated heterocycles. The lowest BCUT2D eigenvalue weighted by atomic mass is 9.65. The van der Waals surface area contributed by atoms with E-state index in [1.54, 1.807) is 18.2 Å². The molecule has 1 N–H and O–H groups in total. The van der Waals surface area contributed by atoms with E-state index in [1.165, 1.54) is 26.4 Å². The Bertz CT molecular complexity index is 1330. The number of hydrogen-bond donors (Lipinski definition) is 1. The number of nitro benzene ring substituents is 1. The molecule has 3 atom stereocenters. The number of piperidine rings is 1. The van der Waals surface area contributed by atoms with Gasteiger partial charge in [-0.05, 0) is 54.5 Å². The smallest absolute Gasteiger partial charge is 0.330 e. The predicted molar refractivity (Wildman–Crippen MR) is 137 cm³/mol. The first-order chi connectivity index (χ1) is 18.2. The zero-order valence-electron chi connectivity index (χ0n) is 21.6. The Hall–Kier alpha value is -4.15. The second-order valence-electron chi connectivity index (χ2n) is 10.2. The first kappa shape index (κ1) is 25.5. The Morgan fingerprint density at radius 3 is 2.58 bits per heavy atom. The maximum absolute atomic E-state index is 14.2. The first-order valence-electron chi connectivity index (χ1n) is 12.6. The molecule has 3 heterocycles. The number of rotatable bonds is 6. The molecule has 1 spiro atoms. The molecule has 0 bridgehead atoms. The number of carbonyl (C=O) groups is 3. The Labute approximate surface area is 219 Å². The highest BCUT2D eigenvalue weighted by molar-refractivity contribution is 6.20. The predicted octanol–water partition coefficient (Wildman–Crippen LogP) is 3.08. The molecule has 3 aliphatic rings. The van der Waals surface area contributed by atoms with E-state index in [4.69, 9.17) is 9.47 Å². The molecule has 11 nitrogen and oxygen atoms in total. The lowest BCUT2D eigenvalue weighted by Crippen LogP contribution is -2.73. The molecule has 0 aromatic heterocycles. The van der Waals surface area contributed by atoms with Gasteiger partial charge >= 0.3 is 6.03 Å². The van der Waals surface area contributed by atoms with E-state index in [0.29, 0.717) is 36.4 Å². The number of barbiturate groups is 1. The Morgan fingerprint density at radius 2 is 1.87 bits per heavy atom. The van der Waals surface area contributed by atoms with Gasteiger partial charge in [0.25, 0.3) is 5.69 Å². The summed E-state index contributed by atoms with van der Waals surface area (Å²) in [6.07, 6.45) is 1.79. The molecular weight excluding hydrogens is 492 g/mol. The molecule has 38 heavy (non-hydrogen) atoms. The fraction of sp³-hybridized carbons (Fsp3) is 0.444. The number of nitro groups is 1. The van der Waals surface area contributed by atoms with Gasteiger partial charge in [0.05, 0.1) is 25.2 Å². The largest absolute Gasteiger partial charge is 0.493 e. The number of ether oxygens (including phenoxy) is 2. The van der Waals surface area contributed by atoms with Crippen LogP contribution < -0.4 is 19.7 Å². The summed E-state index contributed by atoms with van der Waals surface area (Å²) in [6, 6.07) is 8.74. The second-order valence-corrected chi connectivity index (χ2v) is 10.2. The average Bonchev–Trinajstić information content (AvgIpc) is 2.91. The number of nitrogens with zero attached hydrogens (tertiary/aromatic N) is 3. The zero-order valence-corrected chi connectivity index (χ0v) is 21.6. The minimum absolute atomic E-state index is 0.0112. The molecule has 2 fully saturated rings. The summed E-state index contributed by atoms with van der Waals surface area (Å²) in [5.74, 6) is 0.160. The highest BCUT2D eigenvalue weighted by atomic mass is 16.6. The summed E-state index contributed by atoms with van der Waals surface area (Å²) in [7, 11) is 3.07. The monoisotopic (exact) mass is 522 g/mol. The third-order valence-electron chi connectivity index (χ3n) is 8.06. The van der Waals surface area contributed by atoms with E-state index < -0.39 is 34.2 Å². The number of imide groups is 2. The lowest BCUT2D eigenvalue weighted by molar-refractivity contribution is -0.384. The lowest BCUT2D eigenvalue weighted by Gasteiger charge is -2.54. The number of anilines is 1. The van der Waals surface area contributed by atoms with E-state index in [1.807, 2.05) is 11.0 Å². The molecule has 3 aliphatic heterocycles. The molecule has 2 aromatic rings. The number of methoxy groups -OCH3 is 2. The van der Waals surface area contributed by atoms with Crippen LogP contribution in [0, 0.1) is 21.4 Å². The van der Waals surface area contributed by atoms with Gasteiger partial charge in [-0.2, -0.15) is 0 Å². The Morgan fingerprint density at radius 1 is 1.11 bits per heavy atom. The van der Waals surface area contributed by atoms with Crippen molar-refractivity contribution in [1.82, 2.24) is 10.2 Å². The third-order valence-corrected chi connectivity index (χ3v) is 8.06. The molecule has 11 heteroatoms. The molecule has 4 amide bonds. The van der Waals surface area contributed by atoms with Crippen molar-refractivity contribution in [2.45, 2.75) is 38.6 Å². The summed E-state index contributed by atoms with van der Waals surface area (Å²) in [6.45, 7) is 2.75. The maximum Gasteiger partial charge on any atom is 0.330 e. The zero-order chi connectivity index (χ0) is 27.2. The van der Waals surface area contributed by atoms with Gasteiger partial charge in [0.1, 0.15) is 0 Å². The van der Waals surface area contributed by atoms with Gasteiger partial charge in [0.15, 0.2) is 16.9 Å². The topological polar surface area (TPSA) is 131 Å². The van der Waals surface area contributed by atoms with Crippen LogP contribution in [0.5, 0.6) is 11.5 Å². The number of nitrogens with one attached hydrogen (secondary N) is 1. The van der Waals surface area contributed by atoms with Crippen molar-refractivity contribution in [2.24, 2.45) is 11.3 Å². The van der Waals surface area contributed by atoms with Crippen LogP contribution in [-0.2, 0) is 22.4 Å². The average molecular weight is 523 g/mol. The van der Waals surface area contributed by atoms with E-state index in [-0.39, 0.29) is 24.6 Å². The van der Waals surface area contributed by atoms with Gasteiger partial charge in [-0.15, -0.1) is 0 Å². The van der Waals surface area contributed by atoms with Crippen LogP contribution in [-0.4, -0.2) is 61.0 Å². The van der Waals surface area contributed by atoms with E-state index in [0.717, 1.165) is 22.6 Å². The van der Waals surface area contributed by atoms with Crippen LogP contribution in [0.4, 0.5) is 16.2 Å². The standard InChI is InChI=1S/C27H30N4O7/c1-16-8-10-29-20-6-5-19(31(35)36)14-18(20)15-27(23(29)12-16)24(32)28-26(34)30(25(27)33)11-9-17-4-7-21(37-2)22(13-17)38-3/h4-7,13-14,16,23H,8-12,15H2,1-3H3,(H,28,32,34)/t16-,23-,27+/m0/s1. The molecule has 0 radical (unpaired) electrons. The van der Waals surface area contributed by atoms with Crippen LogP contribution >= 0.6 is 0 Å². The van der Waals surface area contributed by atoms with E-state index >= 15 is 0 Å². The van der Waals surface area contributed by atoms with Crippen LogP contribution in [0.2, 0.25) is 0 Å².